The molecule has 0 aliphatic heterocycles. The lowest BCUT2D eigenvalue weighted by molar-refractivity contribution is 0.667. The van der Waals surface area contributed by atoms with Crippen molar-refractivity contribution in [1.82, 2.24) is 0 Å². The second kappa shape index (κ2) is 11.2. The van der Waals surface area contributed by atoms with Crippen LogP contribution in [0.1, 0.15) is 76.3 Å². The maximum Gasteiger partial charge on any atom is 0.0481 e. The number of thiophene rings is 3. The van der Waals surface area contributed by atoms with Gasteiger partial charge in [-0.05, 0) is 65.8 Å². The smallest absolute Gasteiger partial charge is 0.0481 e. The van der Waals surface area contributed by atoms with Crippen molar-refractivity contribution < 1.29 is 0 Å². The summed E-state index contributed by atoms with van der Waals surface area (Å²) in [5.41, 5.74) is 3.13. The van der Waals surface area contributed by atoms with Gasteiger partial charge in [0.05, 0.1) is 0 Å². The van der Waals surface area contributed by atoms with Crippen LogP contribution in [0.3, 0.4) is 0 Å². The van der Waals surface area contributed by atoms with E-state index in [1.807, 2.05) is 34.0 Å². The Morgan fingerprint density at radius 1 is 0.667 bits per heavy atom. The second-order valence-electron chi connectivity index (χ2n) is 7.34. The van der Waals surface area contributed by atoms with Gasteiger partial charge in [-0.1, -0.05) is 58.4 Å². The largest absolute Gasteiger partial charge is 0.143 e. The van der Waals surface area contributed by atoms with Crippen molar-refractivity contribution >= 4 is 34.0 Å². The molecule has 0 atom stereocenters. The van der Waals surface area contributed by atoms with Crippen molar-refractivity contribution in [3.63, 3.8) is 0 Å². The van der Waals surface area contributed by atoms with Gasteiger partial charge in [0.2, 0.25) is 0 Å². The molecule has 0 aromatic carbocycles. The first-order chi connectivity index (χ1) is 13.3. The Morgan fingerprint density at radius 3 is 2.07 bits per heavy atom. The lowest BCUT2D eigenvalue weighted by atomic mass is 10.0. The summed E-state index contributed by atoms with van der Waals surface area (Å²) in [7, 11) is 0. The minimum Gasteiger partial charge on any atom is -0.143 e. The second-order valence-corrected chi connectivity index (χ2v) is 10.3. The van der Waals surface area contributed by atoms with Gasteiger partial charge in [0.25, 0.3) is 0 Å². The first kappa shape index (κ1) is 20.8. The number of rotatable bonds is 12. The molecule has 27 heavy (non-hydrogen) atoms. The zero-order valence-corrected chi connectivity index (χ0v) is 19.2. The Kier molecular flexibility index (Phi) is 8.63. The summed E-state index contributed by atoms with van der Waals surface area (Å²) in [6.45, 7) is 4.58. The summed E-state index contributed by atoms with van der Waals surface area (Å²) in [5, 5.41) is 4.50. The van der Waals surface area contributed by atoms with Crippen LogP contribution in [-0.2, 0) is 12.8 Å². The van der Waals surface area contributed by atoms with Gasteiger partial charge in [-0.15, -0.1) is 34.0 Å². The first-order valence-electron chi connectivity index (χ1n) is 10.6. The molecule has 3 rings (SSSR count). The summed E-state index contributed by atoms with van der Waals surface area (Å²) in [4.78, 5) is 5.97. The van der Waals surface area contributed by atoms with E-state index in [1.165, 1.54) is 83.7 Å². The van der Waals surface area contributed by atoms with Crippen LogP contribution in [0.4, 0.5) is 0 Å². The quantitative estimate of drug-likeness (QED) is 0.258. The van der Waals surface area contributed by atoms with Crippen LogP contribution < -0.4 is 0 Å². The topological polar surface area (TPSA) is 0 Å². The highest BCUT2D eigenvalue weighted by Gasteiger charge is 2.16. The zero-order valence-electron chi connectivity index (χ0n) is 16.8. The van der Waals surface area contributed by atoms with Crippen LogP contribution >= 0.6 is 34.0 Å². The van der Waals surface area contributed by atoms with Gasteiger partial charge in [-0.25, -0.2) is 0 Å². The van der Waals surface area contributed by atoms with Gasteiger partial charge >= 0.3 is 0 Å². The Morgan fingerprint density at radius 2 is 1.41 bits per heavy atom. The molecule has 146 valence electrons. The standard InChI is InChI=1S/C24H32S3/c1-3-5-7-9-12-19-15-17-26-23(19)22-18-20(13-10-8-6-4-2)24(27-22)21-14-11-16-25-21/h11,14-18H,3-10,12-13H2,1-2H3. The van der Waals surface area contributed by atoms with Gasteiger partial charge in [-0.2, -0.15) is 0 Å². The Hall–Kier alpha value is -0.900. The zero-order chi connectivity index (χ0) is 18.9. The highest BCUT2D eigenvalue weighted by Crippen LogP contribution is 2.43. The third kappa shape index (κ3) is 5.79. The van der Waals surface area contributed by atoms with E-state index in [9.17, 15) is 0 Å². The molecular formula is C24H32S3. The molecule has 0 aliphatic rings. The molecule has 0 bridgehead atoms. The maximum absolute atomic E-state index is 2.51. The Bertz CT molecular complexity index is 777. The van der Waals surface area contributed by atoms with E-state index >= 15 is 0 Å². The molecule has 0 nitrogen and oxygen atoms in total. The SMILES string of the molecule is CCCCCCc1ccsc1-c1cc(CCCCCC)c(-c2cccs2)s1. The van der Waals surface area contributed by atoms with Gasteiger partial charge in [0, 0.05) is 19.5 Å². The first-order valence-corrected chi connectivity index (χ1v) is 13.1. The fourth-order valence-corrected chi connectivity index (χ4v) is 6.78. The van der Waals surface area contributed by atoms with E-state index < -0.39 is 0 Å². The average molecular weight is 417 g/mol. The van der Waals surface area contributed by atoms with Crippen molar-refractivity contribution in [3.05, 3.63) is 46.2 Å². The molecular weight excluding hydrogens is 384 g/mol. The molecule has 0 N–H and O–H groups in total. The summed E-state index contributed by atoms with van der Waals surface area (Å²) >= 11 is 5.83. The third-order valence-corrected chi connectivity index (χ3v) is 8.49. The fraction of sp³-hybridized carbons (Fsp3) is 0.500. The van der Waals surface area contributed by atoms with Crippen LogP contribution in [0.5, 0.6) is 0 Å². The van der Waals surface area contributed by atoms with Crippen LogP contribution in [0.15, 0.2) is 35.0 Å². The number of aryl methyl sites for hydroxylation is 2. The van der Waals surface area contributed by atoms with Crippen molar-refractivity contribution in [3.8, 4) is 19.5 Å². The van der Waals surface area contributed by atoms with Crippen LogP contribution in [0.2, 0.25) is 0 Å². The Balaban J connectivity index is 1.79. The van der Waals surface area contributed by atoms with Crippen LogP contribution in [-0.4, -0.2) is 0 Å². The lowest BCUT2D eigenvalue weighted by Crippen LogP contribution is -1.86. The minimum absolute atomic E-state index is 1.22. The van der Waals surface area contributed by atoms with Gasteiger partial charge in [-0.3, -0.25) is 0 Å². The van der Waals surface area contributed by atoms with E-state index in [4.69, 9.17) is 0 Å². The average Bonchev–Trinajstić information content (AvgIpc) is 3.42. The molecule has 3 heterocycles. The molecule has 0 unspecified atom stereocenters. The van der Waals surface area contributed by atoms with Gasteiger partial charge in [0.15, 0.2) is 0 Å². The molecule has 3 aromatic rings. The molecule has 0 aliphatic carbocycles. The van der Waals surface area contributed by atoms with Crippen molar-refractivity contribution in [2.75, 3.05) is 0 Å². The van der Waals surface area contributed by atoms with E-state index in [0.29, 0.717) is 0 Å². The Labute approximate surface area is 177 Å². The molecule has 3 heteroatoms. The van der Waals surface area contributed by atoms with Crippen molar-refractivity contribution in [1.29, 1.82) is 0 Å². The van der Waals surface area contributed by atoms with Gasteiger partial charge < -0.3 is 0 Å². The monoisotopic (exact) mass is 416 g/mol. The predicted molar refractivity (Wildman–Crippen MR) is 127 cm³/mol. The maximum atomic E-state index is 2.51. The van der Waals surface area contributed by atoms with E-state index in [1.54, 1.807) is 11.1 Å². The van der Waals surface area contributed by atoms with Crippen molar-refractivity contribution in [2.45, 2.75) is 78.1 Å². The summed E-state index contributed by atoms with van der Waals surface area (Å²) in [5.74, 6) is 0. The normalized spacial score (nSPS) is 11.3. The molecule has 0 fully saturated rings. The highest BCUT2D eigenvalue weighted by molar-refractivity contribution is 7.26. The van der Waals surface area contributed by atoms with E-state index in [0.717, 1.165) is 0 Å². The summed E-state index contributed by atoms with van der Waals surface area (Å²) in [6, 6.07) is 9.34. The molecule has 0 amide bonds. The molecule has 0 saturated heterocycles. The number of hydrogen-bond donors (Lipinski definition) is 0. The van der Waals surface area contributed by atoms with E-state index in [-0.39, 0.29) is 0 Å². The van der Waals surface area contributed by atoms with Gasteiger partial charge in [0.1, 0.15) is 0 Å². The predicted octanol–water partition coefficient (Wildman–Crippen LogP) is 9.45. The minimum atomic E-state index is 1.22. The van der Waals surface area contributed by atoms with Crippen LogP contribution in [0.25, 0.3) is 19.5 Å². The highest BCUT2D eigenvalue weighted by atomic mass is 32.1. The molecule has 0 radical (unpaired) electrons. The fourth-order valence-electron chi connectivity index (χ4n) is 3.58. The third-order valence-electron chi connectivity index (χ3n) is 5.12. The number of hydrogen-bond acceptors (Lipinski definition) is 3. The summed E-state index contributed by atoms with van der Waals surface area (Å²) in [6.07, 6.45) is 13.2. The lowest BCUT2D eigenvalue weighted by Gasteiger charge is -2.02. The van der Waals surface area contributed by atoms with Crippen LogP contribution in [0, 0.1) is 0 Å². The van der Waals surface area contributed by atoms with Crippen molar-refractivity contribution in [2.24, 2.45) is 0 Å². The number of unbranched alkanes of at least 4 members (excludes halogenated alkanes) is 6. The molecule has 0 saturated carbocycles. The molecule has 0 spiro atoms. The summed E-state index contributed by atoms with van der Waals surface area (Å²) < 4.78 is 0. The molecule has 3 aromatic heterocycles. The van der Waals surface area contributed by atoms with E-state index in [2.05, 4.69) is 48.9 Å².